The van der Waals surface area contributed by atoms with Crippen LogP contribution in [0.25, 0.3) is 0 Å². The van der Waals surface area contributed by atoms with Crippen molar-refractivity contribution in [2.45, 2.75) is 25.7 Å². The predicted octanol–water partition coefficient (Wildman–Crippen LogP) is 1.70. The van der Waals surface area contributed by atoms with Gasteiger partial charge in [-0.2, -0.15) is 5.26 Å². The van der Waals surface area contributed by atoms with E-state index in [0.29, 0.717) is 17.3 Å². The Morgan fingerprint density at radius 2 is 2.04 bits per heavy atom. The summed E-state index contributed by atoms with van der Waals surface area (Å²) in [6.07, 6.45) is 6.26. The van der Waals surface area contributed by atoms with E-state index in [4.69, 9.17) is 5.26 Å². The number of hydrogen-bond acceptors (Lipinski definition) is 5. The van der Waals surface area contributed by atoms with Crippen LogP contribution in [0.2, 0.25) is 0 Å². The molecule has 1 saturated heterocycles. The molecule has 24 heavy (non-hydrogen) atoms. The van der Waals surface area contributed by atoms with Gasteiger partial charge in [0.2, 0.25) is 5.91 Å². The number of nitriles is 1. The highest BCUT2D eigenvalue weighted by Crippen LogP contribution is 2.26. The maximum atomic E-state index is 12.4. The van der Waals surface area contributed by atoms with Gasteiger partial charge in [-0.25, -0.2) is 4.98 Å². The Bertz CT molecular complexity index is 598. The molecule has 1 aliphatic heterocycles. The lowest BCUT2D eigenvalue weighted by molar-refractivity contribution is -0.137. The Balaban J connectivity index is 1.39. The first-order chi connectivity index (χ1) is 11.8. The number of anilines is 1. The third-order valence-corrected chi connectivity index (χ3v) is 5.04. The Morgan fingerprint density at radius 3 is 2.75 bits per heavy atom. The van der Waals surface area contributed by atoms with Gasteiger partial charge in [0.25, 0.3) is 0 Å². The molecule has 2 heterocycles. The lowest BCUT2D eigenvalue weighted by Crippen LogP contribution is -2.50. The van der Waals surface area contributed by atoms with Crippen molar-refractivity contribution in [2.24, 2.45) is 5.92 Å². The van der Waals surface area contributed by atoms with Crippen LogP contribution in [-0.2, 0) is 4.79 Å². The molecule has 1 N–H and O–H groups in total. The molecule has 6 nitrogen and oxygen atoms in total. The summed E-state index contributed by atoms with van der Waals surface area (Å²) in [5, 5.41) is 12.3. The second-order valence-electron chi connectivity index (χ2n) is 6.59. The van der Waals surface area contributed by atoms with Gasteiger partial charge in [-0.15, -0.1) is 0 Å². The van der Waals surface area contributed by atoms with Crippen LogP contribution >= 0.6 is 0 Å². The number of hydrogen-bond donors (Lipinski definition) is 1. The van der Waals surface area contributed by atoms with Crippen molar-refractivity contribution in [3.8, 4) is 6.07 Å². The average Bonchev–Trinajstić information content (AvgIpc) is 3.17. The molecule has 128 valence electrons. The minimum atomic E-state index is 0.284. The summed E-state index contributed by atoms with van der Waals surface area (Å²) in [6, 6.07) is 5.68. The fourth-order valence-corrected chi connectivity index (χ4v) is 3.59. The summed E-state index contributed by atoms with van der Waals surface area (Å²) in [4.78, 5) is 21.0. The first-order valence-electron chi connectivity index (χ1n) is 8.88. The van der Waals surface area contributed by atoms with Gasteiger partial charge in [-0.1, -0.05) is 12.8 Å². The molecule has 1 saturated carbocycles. The highest BCUT2D eigenvalue weighted by Gasteiger charge is 2.29. The topological polar surface area (TPSA) is 72.3 Å². The van der Waals surface area contributed by atoms with Crippen molar-refractivity contribution in [2.75, 3.05) is 44.6 Å². The van der Waals surface area contributed by atoms with E-state index >= 15 is 0 Å². The van der Waals surface area contributed by atoms with Gasteiger partial charge in [0.15, 0.2) is 0 Å². The summed E-state index contributed by atoms with van der Waals surface area (Å²) < 4.78 is 0. The maximum absolute atomic E-state index is 12.4. The quantitative estimate of drug-likeness (QED) is 0.891. The van der Waals surface area contributed by atoms with Crippen molar-refractivity contribution >= 4 is 11.7 Å². The Labute approximate surface area is 143 Å². The summed E-state index contributed by atoms with van der Waals surface area (Å²) in [5.74, 6) is 1.30. The fourth-order valence-electron chi connectivity index (χ4n) is 3.59. The first-order valence-corrected chi connectivity index (χ1v) is 8.88. The molecule has 0 radical (unpaired) electrons. The summed E-state index contributed by atoms with van der Waals surface area (Å²) >= 11 is 0. The molecule has 0 bridgehead atoms. The first kappa shape index (κ1) is 16.7. The van der Waals surface area contributed by atoms with Crippen molar-refractivity contribution in [3.05, 3.63) is 23.9 Å². The second kappa shape index (κ2) is 8.11. The molecular weight excluding hydrogens is 302 g/mol. The zero-order valence-electron chi connectivity index (χ0n) is 14.1. The van der Waals surface area contributed by atoms with Crippen LogP contribution in [0.4, 0.5) is 5.82 Å². The number of piperazine rings is 1. The molecule has 1 aromatic rings. The number of amides is 1. The van der Waals surface area contributed by atoms with Gasteiger partial charge in [0.1, 0.15) is 11.9 Å². The second-order valence-corrected chi connectivity index (χ2v) is 6.59. The van der Waals surface area contributed by atoms with Crippen LogP contribution in [0.5, 0.6) is 0 Å². The molecule has 1 amide bonds. The lowest BCUT2D eigenvalue weighted by atomic mass is 10.1. The summed E-state index contributed by atoms with van der Waals surface area (Å²) in [6.45, 7) is 5.17. The van der Waals surface area contributed by atoms with Gasteiger partial charge < -0.3 is 10.2 Å². The number of carbonyl (C=O) groups excluding carboxylic acids is 1. The minimum absolute atomic E-state index is 0.284. The predicted molar refractivity (Wildman–Crippen MR) is 92.4 cm³/mol. The van der Waals surface area contributed by atoms with Crippen LogP contribution in [0.1, 0.15) is 31.2 Å². The Morgan fingerprint density at radius 1 is 1.29 bits per heavy atom. The van der Waals surface area contributed by atoms with Crippen LogP contribution in [0, 0.1) is 17.2 Å². The number of rotatable bonds is 5. The highest BCUT2D eigenvalue weighted by molar-refractivity contribution is 5.79. The Kier molecular flexibility index (Phi) is 5.65. The molecule has 6 heteroatoms. The van der Waals surface area contributed by atoms with Crippen molar-refractivity contribution in [1.29, 1.82) is 5.26 Å². The SMILES string of the molecule is N#Cc1cccnc1NCCN1CCN(C(=O)C2CCCC2)CC1. The van der Waals surface area contributed by atoms with Crippen LogP contribution in [0.15, 0.2) is 18.3 Å². The van der Waals surface area contributed by atoms with E-state index in [-0.39, 0.29) is 5.92 Å². The lowest BCUT2D eigenvalue weighted by Gasteiger charge is -2.36. The molecule has 0 aromatic carbocycles. The number of nitrogens with zero attached hydrogens (tertiary/aromatic N) is 4. The van der Waals surface area contributed by atoms with E-state index in [1.165, 1.54) is 12.8 Å². The standard InChI is InChI=1S/C18H25N5O/c19-14-16-6-3-7-20-17(16)21-8-9-22-10-12-23(13-11-22)18(24)15-4-1-2-5-15/h3,6-7,15H,1-2,4-5,8-13H2,(H,20,21). The van der Waals surface area contributed by atoms with E-state index in [1.54, 1.807) is 18.3 Å². The molecule has 3 rings (SSSR count). The zero-order valence-corrected chi connectivity index (χ0v) is 14.1. The maximum Gasteiger partial charge on any atom is 0.225 e. The summed E-state index contributed by atoms with van der Waals surface area (Å²) in [7, 11) is 0. The molecule has 0 unspecified atom stereocenters. The highest BCUT2D eigenvalue weighted by atomic mass is 16.2. The van der Waals surface area contributed by atoms with Gasteiger partial charge in [-0.05, 0) is 25.0 Å². The van der Waals surface area contributed by atoms with E-state index in [0.717, 1.165) is 52.1 Å². The van der Waals surface area contributed by atoms with E-state index < -0.39 is 0 Å². The molecule has 2 aliphatic rings. The van der Waals surface area contributed by atoms with Gasteiger partial charge in [0, 0.05) is 51.4 Å². The average molecular weight is 327 g/mol. The van der Waals surface area contributed by atoms with Gasteiger partial charge in [-0.3, -0.25) is 9.69 Å². The number of aromatic nitrogens is 1. The van der Waals surface area contributed by atoms with E-state index in [1.807, 2.05) is 4.90 Å². The monoisotopic (exact) mass is 327 g/mol. The largest absolute Gasteiger partial charge is 0.368 e. The molecule has 0 atom stereocenters. The van der Waals surface area contributed by atoms with Crippen molar-refractivity contribution < 1.29 is 4.79 Å². The zero-order chi connectivity index (χ0) is 16.8. The normalized spacial score (nSPS) is 19.2. The van der Waals surface area contributed by atoms with Crippen molar-refractivity contribution in [1.82, 2.24) is 14.8 Å². The van der Waals surface area contributed by atoms with Gasteiger partial charge >= 0.3 is 0 Å². The molecule has 2 fully saturated rings. The minimum Gasteiger partial charge on any atom is -0.368 e. The molecule has 1 aliphatic carbocycles. The summed E-state index contributed by atoms with van der Waals surface area (Å²) in [5.41, 5.74) is 0.574. The smallest absolute Gasteiger partial charge is 0.225 e. The molecule has 1 aromatic heterocycles. The third kappa shape index (κ3) is 4.04. The number of carbonyl (C=O) groups is 1. The fraction of sp³-hybridized carbons (Fsp3) is 0.611. The van der Waals surface area contributed by atoms with E-state index in [2.05, 4.69) is 21.3 Å². The van der Waals surface area contributed by atoms with Crippen LogP contribution in [0.3, 0.4) is 0 Å². The van der Waals surface area contributed by atoms with E-state index in [9.17, 15) is 4.79 Å². The molecular formula is C18H25N5O. The number of pyridine rings is 1. The van der Waals surface area contributed by atoms with Gasteiger partial charge in [0.05, 0.1) is 5.56 Å². The van der Waals surface area contributed by atoms with Crippen LogP contribution < -0.4 is 5.32 Å². The number of nitrogens with one attached hydrogen (secondary N) is 1. The van der Waals surface area contributed by atoms with Crippen LogP contribution in [-0.4, -0.2) is 60.0 Å². The molecule has 0 spiro atoms. The Hall–Kier alpha value is -2.13. The third-order valence-electron chi connectivity index (χ3n) is 5.04. The van der Waals surface area contributed by atoms with Crippen molar-refractivity contribution in [3.63, 3.8) is 0 Å².